The number of allylic oxidation sites excluding steroid dienone is 24. The van der Waals surface area contributed by atoms with Gasteiger partial charge >= 0.3 is 39.5 Å². The lowest BCUT2D eigenvalue weighted by Crippen LogP contribution is -2.30. The van der Waals surface area contributed by atoms with Crippen molar-refractivity contribution in [2.24, 2.45) is 0 Å². The van der Waals surface area contributed by atoms with Crippen molar-refractivity contribution in [3.05, 3.63) is 146 Å². The molecule has 0 fully saturated rings. The molecule has 0 aliphatic carbocycles. The Balaban J connectivity index is 5.44. The maximum atomic E-state index is 13.1. The van der Waals surface area contributed by atoms with Crippen molar-refractivity contribution in [3.63, 3.8) is 0 Å². The molecule has 0 radical (unpaired) electrons. The zero-order valence-corrected chi connectivity index (χ0v) is 68.1. The van der Waals surface area contributed by atoms with E-state index in [0.717, 1.165) is 167 Å². The van der Waals surface area contributed by atoms with E-state index in [1.165, 1.54) is 70.6 Å². The summed E-state index contributed by atoms with van der Waals surface area (Å²) in [4.78, 5) is 73.1. The molecule has 5 atom stereocenters. The molecule has 0 amide bonds. The van der Waals surface area contributed by atoms with Crippen molar-refractivity contribution in [2.75, 3.05) is 39.6 Å². The Morgan fingerprint density at radius 2 is 0.500 bits per heavy atom. The van der Waals surface area contributed by atoms with Gasteiger partial charge in [0, 0.05) is 25.7 Å². The average Bonchev–Trinajstić information content (AvgIpc) is 0.899. The van der Waals surface area contributed by atoms with Crippen molar-refractivity contribution in [2.45, 2.75) is 341 Å². The SMILES string of the molecule is CC/C=C\C/C=C\C/C=C\C/C=C\C/C=C\CCCC(=O)OC(COC(=O)CCCCCCCC/C=C\C/C=C\C/C=C\CCCCC)COP(=O)(O)OCC(O)COP(=O)(O)OCC(COC(=O)CCCCCC/C=C\C/C=C\C/C=C\C/C=C\CC)OC(=O)CCCCCCCCCCCCCCC. The molecule has 5 unspecified atom stereocenters. The van der Waals surface area contributed by atoms with Gasteiger partial charge in [-0.3, -0.25) is 37.3 Å². The van der Waals surface area contributed by atoms with Crippen LogP contribution in [0.15, 0.2) is 146 Å². The van der Waals surface area contributed by atoms with Crippen molar-refractivity contribution in [1.29, 1.82) is 0 Å². The van der Waals surface area contributed by atoms with E-state index in [2.05, 4.69) is 161 Å². The van der Waals surface area contributed by atoms with Gasteiger partial charge in [0.1, 0.15) is 19.3 Å². The quantitative estimate of drug-likeness (QED) is 0.0169. The van der Waals surface area contributed by atoms with Crippen LogP contribution in [0.2, 0.25) is 0 Å². The van der Waals surface area contributed by atoms with Crippen molar-refractivity contribution in [3.8, 4) is 0 Å². The van der Waals surface area contributed by atoms with Gasteiger partial charge in [0.25, 0.3) is 0 Å². The topological polar surface area (TPSA) is 237 Å². The Morgan fingerprint density at radius 1 is 0.274 bits per heavy atom. The van der Waals surface area contributed by atoms with E-state index < -0.39 is 97.5 Å². The molecule has 606 valence electrons. The molecule has 0 aromatic carbocycles. The monoisotopic (exact) mass is 1530 g/mol. The molecule has 0 saturated heterocycles. The second-order valence-electron chi connectivity index (χ2n) is 27.0. The van der Waals surface area contributed by atoms with Crippen LogP contribution in [0.4, 0.5) is 0 Å². The van der Waals surface area contributed by atoms with E-state index in [4.69, 9.17) is 37.0 Å². The third-order valence-corrected chi connectivity index (χ3v) is 18.7. The number of phosphoric ester groups is 2. The van der Waals surface area contributed by atoms with Gasteiger partial charge in [0.05, 0.1) is 26.4 Å². The van der Waals surface area contributed by atoms with Gasteiger partial charge in [-0.15, -0.1) is 0 Å². The molecular formula is C87H146O17P2. The molecule has 0 aliphatic rings. The molecule has 0 aromatic heterocycles. The van der Waals surface area contributed by atoms with E-state index in [9.17, 15) is 43.2 Å². The Bertz CT molecular complexity index is 2580. The Labute approximate surface area is 643 Å². The largest absolute Gasteiger partial charge is 0.472 e. The normalized spacial score (nSPS) is 14.6. The number of aliphatic hydroxyl groups is 1. The van der Waals surface area contributed by atoms with Crippen LogP contribution in [0.25, 0.3) is 0 Å². The van der Waals surface area contributed by atoms with Crippen LogP contribution < -0.4 is 0 Å². The van der Waals surface area contributed by atoms with Gasteiger partial charge in [0.15, 0.2) is 12.2 Å². The molecule has 106 heavy (non-hydrogen) atoms. The molecular weight excluding hydrogens is 1380 g/mol. The minimum atomic E-state index is -5.00. The van der Waals surface area contributed by atoms with Crippen LogP contribution in [-0.2, 0) is 65.4 Å². The van der Waals surface area contributed by atoms with E-state index in [-0.39, 0.29) is 25.7 Å². The Kier molecular flexibility index (Phi) is 74.3. The number of phosphoric acid groups is 2. The summed E-state index contributed by atoms with van der Waals surface area (Å²) in [7, 11) is -9.99. The van der Waals surface area contributed by atoms with Crippen molar-refractivity contribution in [1.82, 2.24) is 0 Å². The van der Waals surface area contributed by atoms with E-state index in [1.54, 1.807) is 0 Å². The van der Waals surface area contributed by atoms with Gasteiger partial charge < -0.3 is 33.8 Å². The summed E-state index contributed by atoms with van der Waals surface area (Å²) >= 11 is 0. The van der Waals surface area contributed by atoms with Crippen LogP contribution >= 0.6 is 15.6 Å². The van der Waals surface area contributed by atoms with Crippen LogP contribution in [-0.4, -0.2) is 96.7 Å². The zero-order chi connectivity index (χ0) is 77.4. The summed E-state index contributed by atoms with van der Waals surface area (Å²) in [5.41, 5.74) is 0. The maximum Gasteiger partial charge on any atom is 0.472 e. The molecule has 0 aliphatic heterocycles. The van der Waals surface area contributed by atoms with Crippen LogP contribution in [0.3, 0.4) is 0 Å². The minimum Gasteiger partial charge on any atom is -0.462 e. The first-order valence-corrected chi connectivity index (χ1v) is 44.1. The highest BCUT2D eigenvalue weighted by Gasteiger charge is 2.30. The third-order valence-electron chi connectivity index (χ3n) is 16.8. The smallest absolute Gasteiger partial charge is 0.462 e. The average molecular weight is 1530 g/mol. The second kappa shape index (κ2) is 78.1. The van der Waals surface area contributed by atoms with Crippen LogP contribution in [0, 0.1) is 0 Å². The molecule has 0 rings (SSSR count). The number of esters is 4. The highest BCUT2D eigenvalue weighted by atomic mass is 31.2. The molecule has 3 N–H and O–H groups in total. The molecule has 17 nitrogen and oxygen atoms in total. The Morgan fingerprint density at radius 3 is 0.811 bits per heavy atom. The highest BCUT2D eigenvalue weighted by molar-refractivity contribution is 7.47. The van der Waals surface area contributed by atoms with Gasteiger partial charge in [0.2, 0.25) is 0 Å². The van der Waals surface area contributed by atoms with E-state index in [1.807, 2.05) is 12.2 Å². The fraction of sp³-hybridized carbons (Fsp3) is 0.678. The predicted molar refractivity (Wildman–Crippen MR) is 436 cm³/mol. The number of carbonyl (C=O) groups excluding carboxylic acids is 4. The second-order valence-corrected chi connectivity index (χ2v) is 29.9. The summed E-state index contributed by atoms with van der Waals surface area (Å²) in [6, 6.07) is 0. The fourth-order valence-electron chi connectivity index (χ4n) is 10.6. The maximum absolute atomic E-state index is 13.1. The number of ether oxygens (including phenoxy) is 4. The predicted octanol–water partition coefficient (Wildman–Crippen LogP) is 24.2. The molecule has 0 heterocycles. The van der Waals surface area contributed by atoms with E-state index in [0.29, 0.717) is 32.1 Å². The lowest BCUT2D eigenvalue weighted by atomic mass is 10.0. The lowest BCUT2D eigenvalue weighted by Gasteiger charge is -2.21. The number of carbonyl (C=O) groups is 4. The summed E-state index contributed by atoms with van der Waals surface area (Å²) in [5, 5.41) is 10.7. The first-order valence-electron chi connectivity index (χ1n) is 41.1. The summed E-state index contributed by atoms with van der Waals surface area (Å²) in [5.74, 6) is -2.28. The van der Waals surface area contributed by atoms with Gasteiger partial charge in [-0.25, -0.2) is 9.13 Å². The standard InChI is InChI=1S/C87H146O17P2/c1-5-9-13-17-21-25-29-33-36-39-40-43-45-49-52-56-60-64-68-72-85(90)98-78-83(104-87(92)74-70-66-62-58-54-50-46-42-38-35-31-27-23-19-15-11-7-3)80-102-106(95,96)100-76-81(88)75-99-105(93,94)101-79-82(103-86(91)73-69-65-61-57-53-47-32-28-24-20-16-12-8-4)77-97-84(89)71-67-63-59-55-51-48-44-41-37-34-30-26-22-18-14-10-6-2/h10-11,14-15,21-23,25-27,33-38,40,43-44,46,48,50,58,62,81-83,88H,5-9,12-13,16-20,24,28-32,39,41-42,45,47,49,51-57,59-61,63-80H2,1-4H3,(H,93,94)(H,95,96)/b14-10-,15-11-,25-21-,26-22-,27-23-,36-33-,37-34-,38-35-,43-40-,48-44-,50-46-,62-58-. The van der Waals surface area contributed by atoms with Crippen LogP contribution in [0.1, 0.15) is 323 Å². The number of unbranched alkanes of at least 4 members (excludes halogenated alkanes) is 26. The Hall–Kier alpha value is -5.06. The van der Waals surface area contributed by atoms with E-state index >= 15 is 0 Å². The number of hydrogen-bond donors (Lipinski definition) is 3. The summed E-state index contributed by atoms with van der Waals surface area (Å²) in [6.07, 6.45) is 89.7. The minimum absolute atomic E-state index is 0.00967. The first-order chi connectivity index (χ1) is 51.7. The van der Waals surface area contributed by atoms with Gasteiger partial charge in [-0.2, -0.15) is 0 Å². The third kappa shape index (κ3) is 77.1. The molecule has 0 bridgehead atoms. The van der Waals surface area contributed by atoms with Crippen molar-refractivity contribution >= 4 is 39.5 Å². The van der Waals surface area contributed by atoms with Gasteiger partial charge in [-0.05, 0) is 141 Å². The zero-order valence-electron chi connectivity index (χ0n) is 66.3. The van der Waals surface area contributed by atoms with Gasteiger partial charge in [-0.1, -0.05) is 302 Å². The highest BCUT2D eigenvalue weighted by Crippen LogP contribution is 2.45. The number of aliphatic hydroxyl groups excluding tert-OH is 1. The first kappa shape index (κ1) is 101. The number of hydrogen-bond acceptors (Lipinski definition) is 15. The van der Waals surface area contributed by atoms with Crippen LogP contribution in [0.5, 0.6) is 0 Å². The molecule has 0 aromatic rings. The molecule has 0 spiro atoms. The number of rotatable bonds is 76. The molecule has 0 saturated carbocycles. The molecule has 19 heteroatoms. The fourth-order valence-corrected chi connectivity index (χ4v) is 12.2. The van der Waals surface area contributed by atoms with Crippen molar-refractivity contribution < 1.29 is 80.2 Å². The lowest BCUT2D eigenvalue weighted by molar-refractivity contribution is -0.161. The summed E-state index contributed by atoms with van der Waals surface area (Å²) in [6.45, 7) is 4.53. The summed E-state index contributed by atoms with van der Waals surface area (Å²) < 4.78 is 68.6.